The first-order valence-electron chi connectivity index (χ1n) is 6.53. The van der Waals surface area contributed by atoms with Crippen molar-refractivity contribution >= 4 is 29.9 Å². The highest BCUT2D eigenvalue weighted by atomic mass is 35.5. The van der Waals surface area contributed by atoms with Gasteiger partial charge in [0, 0.05) is 12.4 Å². The van der Waals surface area contributed by atoms with Crippen LogP contribution in [-0.4, -0.2) is 39.8 Å². The van der Waals surface area contributed by atoms with Crippen LogP contribution in [0, 0.1) is 0 Å². The van der Waals surface area contributed by atoms with E-state index in [1.165, 1.54) is 11.8 Å². The van der Waals surface area contributed by atoms with Gasteiger partial charge in [0.05, 0.1) is 11.4 Å². The number of aromatic nitrogens is 8. The minimum Gasteiger partial charge on any atom is -0.220 e. The second-order valence-electron chi connectivity index (χ2n) is 4.39. The number of hydrogen-bond donors (Lipinski definition) is 0. The van der Waals surface area contributed by atoms with Crippen molar-refractivity contribution in [2.45, 2.75) is 10.9 Å². The van der Waals surface area contributed by atoms with Gasteiger partial charge in [-0.05, 0) is 28.6 Å². The molecule has 0 unspecified atom stereocenters. The van der Waals surface area contributed by atoms with E-state index in [4.69, 9.17) is 0 Å². The van der Waals surface area contributed by atoms with Crippen molar-refractivity contribution in [2.75, 3.05) is 0 Å². The standard InChI is InChI=1S/C13H10N8S.ClH/c1-2-5-10(6-3-1)21-11(16-18-19-21)9-22-13-15-12-14-7-4-8-20(12)17-13;/h1-8H,9H2;1H. The third-order valence-electron chi connectivity index (χ3n) is 2.96. The number of halogens is 1. The van der Waals surface area contributed by atoms with Crippen molar-refractivity contribution in [3.8, 4) is 5.69 Å². The van der Waals surface area contributed by atoms with Gasteiger partial charge in [-0.25, -0.2) is 9.50 Å². The van der Waals surface area contributed by atoms with Gasteiger partial charge in [-0.2, -0.15) is 9.67 Å². The number of rotatable bonds is 4. The van der Waals surface area contributed by atoms with E-state index in [2.05, 4.69) is 30.6 Å². The van der Waals surface area contributed by atoms with Gasteiger partial charge in [0.25, 0.3) is 5.78 Å². The second kappa shape index (κ2) is 6.71. The van der Waals surface area contributed by atoms with Gasteiger partial charge in [-0.15, -0.1) is 22.6 Å². The molecular weight excluding hydrogens is 336 g/mol. The Morgan fingerprint density at radius 3 is 2.78 bits per heavy atom. The van der Waals surface area contributed by atoms with Crippen LogP contribution in [0.1, 0.15) is 5.82 Å². The number of tetrazole rings is 1. The minimum absolute atomic E-state index is 0. The molecule has 23 heavy (non-hydrogen) atoms. The van der Waals surface area contributed by atoms with Gasteiger partial charge in [0.1, 0.15) is 0 Å². The number of thioether (sulfide) groups is 1. The molecule has 4 rings (SSSR count). The molecule has 0 saturated carbocycles. The zero-order chi connectivity index (χ0) is 14.8. The van der Waals surface area contributed by atoms with Crippen LogP contribution in [0.25, 0.3) is 11.5 Å². The Balaban J connectivity index is 0.00000156. The Kier molecular flexibility index (Phi) is 4.49. The van der Waals surface area contributed by atoms with E-state index in [9.17, 15) is 0 Å². The highest BCUT2D eigenvalue weighted by molar-refractivity contribution is 7.98. The summed E-state index contributed by atoms with van der Waals surface area (Å²) >= 11 is 1.47. The quantitative estimate of drug-likeness (QED) is 0.521. The van der Waals surface area contributed by atoms with Crippen molar-refractivity contribution in [1.29, 1.82) is 0 Å². The normalized spacial score (nSPS) is 10.6. The van der Waals surface area contributed by atoms with Gasteiger partial charge in [-0.1, -0.05) is 30.0 Å². The van der Waals surface area contributed by atoms with E-state index >= 15 is 0 Å². The van der Waals surface area contributed by atoms with Crippen molar-refractivity contribution in [1.82, 2.24) is 39.8 Å². The number of para-hydroxylation sites is 1. The number of fused-ring (bicyclic) bond motifs is 1. The Morgan fingerprint density at radius 1 is 1.09 bits per heavy atom. The monoisotopic (exact) mass is 346 g/mol. The average molecular weight is 347 g/mol. The van der Waals surface area contributed by atoms with Crippen LogP contribution in [0.5, 0.6) is 0 Å². The lowest BCUT2D eigenvalue weighted by molar-refractivity contribution is 0.777. The molecule has 116 valence electrons. The maximum absolute atomic E-state index is 4.34. The number of hydrogen-bond acceptors (Lipinski definition) is 7. The second-order valence-corrected chi connectivity index (χ2v) is 5.33. The van der Waals surface area contributed by atoms with Crippen LogP contribution in [-0.2, 0) is 5.75 Å². The first-order chi connectivity index (χ1) is 10.9. The molecule has 4 aromatic rings. The fraction of sp³-hybridized carbons (Fsp3) is 0.0769. The van der Waals surface area contributed by atoms with E-state index in [0.29, 0.717) is 16.7 Å². The third kappa shape index (κ3) is 3.15. The summed E-state index contributed by atoms with van der Waals surface area (Å²) in [5.74, 6) is 1.88. The van der Waals surface area contributed by atoms with E-state index in [-0.39, 0.29) is 12.4 Å². The Hall–Kier alpha value is -2.52. The smallest absolute Gasteiger partial charge is 0.220 e. The van der Waals surface area contributed by atoms with Gasteiger partial charge in [-0.3, -0.25) is 0 Å². The lowest BCUT2D eigenvalue weighted by atomic mass is 10.3. The molecular formula is C13H11ClN8S. The van der Waals surface area contributed by atoms with Gasteiger partial charge in [0.2, 0.25) is 5.16 Å². The summed E-state index contributed by atoms with van der Waals surface area (Å²) in [5, 5.41) is 16.8. The molecule has 0 aliphatic rings. The van der Waals surface area contributed by atoms with Crippen LogP contribution < -0.4 is 0 Å². The lowest BCUT2D eigenvalue weighted by Crippen LogP contribution is -2.01. The molecule has 0 saturated heterocycles. The molecule has 3 aromatic heterocycles. The highest BCUT2D eigenvalue weighted by Crippen LogP contribution is 2.19. The van der Waals surface area contributed by atoms with Crippen LogP contribution in [0.3, 0.4) is 0 Å². The Morgan fingerprint density at radius 2 is 1.96 bits per heavy atom. The first-order valence-corrected chi connectivity index (χ1v) is 7.51. The highest BCUT2D eigenvalue weighted by Gasteiger charge is 2.11. The number of benzene rings is 1. The molecule has 0 atom stereocenters. The van der Waals surface area contributed by atoms with E-state index in [1.807, 2.05) is 42.6 Å². The van der Waals surface area contributed by atoms with Crippen LogP contribution >= 0.6 is 24.2 Å². The van der Waals surface area contributed by atoms with Crippen molar-refractivity contribution in [2.24, 2.45) is 0 Å². The lowest BCUT2D eigenvalue weighted by Gasteiger charge is -2.02. The van der Waals surface area contributed by atoms with E-state index < -0.39 is 0 Å². The largest absolute Gasteiger partial charge is 0.253 e. The summed E-state index contributed by atoms with van der Waals surface area (Å²) < 4.78 is 3.35. The SMILES string of the molecule is Cl.c1ccc(-n2nnnc2CSc2nc3ncccn3n2)cc1. The fourth-order valence-electron chi connectivity index (χ4n) is 1.97. The maximum atomic E-state index is 4.34. The van der Waals surface area contributed by atoms with E-state index in [0.717, 1.165) is 11.5 Å². The predicted molar refractivity (Wildman–Crippen MR) is 86.7 cm³/mol. The summed E-state index contributed by atoms with van der Waals surface area (Å²) in [7, 11) is 0. The van der Waals surface area contributed by atoms with Crippen LogP contribution in [0.4, 0.5) is 0 Å². The van der Waals surface area contributed by atoms with Crippen molar-refractivity contribution in [3.63, 3.8) is 0 Å². The zero-order valence-corrected chi connectivity index (χ0v) is 13.4. The van der Waals surface area contributed by atoms with Crippen molar-refractivity contribution < 1.29 is 0 Å². The minimum atomic E-state index is 0. The van der Waals surface area contributed by atoms with Gasteiger partial charge < -0.3 is 0 Å². The van der Waals surface area contributed by atoms with Crippen LogP contribution in [0.15, 0.2) is 53.9 Å². The van der Waals surface area contributed by atoms with Gasteiger partial charge >= 0.3 is 0 Å². The molecule has 0 spiro atoms. The van der Waals surface area contributed by atoms with E-state index in [1.54, 1.807) is 15.4 Å². The molecule has 1 aromatic carbocycles. The maximum Gasteiger partial charge on any atom is 0.253 e. The molecule has 8 nitrogen and oxygen atoms in total. The summed E-state index contributed by atoms with van der Waals surface area (Å²) in [6.45, 7) is 0. The fourth-order valence-corrected chi connectivity index (χ4v) is 2.70. The van der Waals surface area contributed by atoms with Crippen molar-refractivity contribution in [3.05, 3.63) is 54.6 Å². The molecule has 3 heterocycles. The molecule has 0 fully saturated rings. The average Bonchev–Trinajstić information content (AvgIpc) is 3.20. The third-order valence-corrected chi connectivity index (χ3v) is 3.80. The molecule has 0 radical (unpaired) electrons. The Labute approximate surface area is 141 Å². The summed E-state index contributed by atoms with van der Waals surface area (Å²) in [4.78, 5) is 8.48. The summed E-state index contributed by atoms with van der Waals surface area (Å²) in [6, 6.07) is 11.6. The molecule has 0 aliphatic carbocycles. The molecule has 0 N–H and O–H groups in total. The zero-order valence-electron chi connectivity index (χ0n) is 11.7. The molecule has 0 aliphatic heterocycles. The Bertz CT molecular complexity index is 873. The summed E-state index contributed by atoms with van der Waals surface area (Å²) in [5.41, 5.74) is 0.924. The predicted octanol–water partition coefficient (Wildman–Crippen LogP) is 1.81. The van der Waals surface area contributed by atoms with Gasteiger partial charge in [0.15, 0.2) is 5.82 Å². The summed E-state index contributed by atoms with van der Waals surface area (Å²) in [6.07, 6.45) is 3.50. The molecule has 0 amide bonds. The topological polar surface area (TPSA) is 86.7 Å². The van der Waals surface area contributed by atoms with Crippen LogP contribution in [0.2, 0.25) is 0 Å². The molecule has 0 bridgehead atoms. The number of nitrogens with zero attached hydrogens (tertiary/aromatic N) is 8. The molecule has 10 heteroatoms. The first kappa shape index (κ1) is 15.4.